The second-order valence-electron chi connectivity index (χ2n) is 4.89. The van der Waals surface area contributed by atoms with Crippen molar-refractivity contribution in [3.63, 3.8) is 0 Å². The van der Waals surface area contributed by atoms with Crippen molar-refractivity contribution < 1.29 is 4.79 Å². The van der Waals surface area contributed by atoms with Crippen LogP contribution >= 0.6 is 27.7 Å². The van der Waals surface area contributed by atoms with Gasteiger partial charge in [0.05, 0.1) is 16.4 Å². The minimum atomic E-state index is 0.109. The molecule has 3 nitrogen and oxygen atoms in total. The second kappa shape index (κ2) is 6.05. The lowest BCUT2D eigenvalue weighted by atomic mass is 10.3. The van der Waals surface area contributed by atoms with E-state index in [1.165, 1.54) is 0 Å². The molecule has 0 bridgehead atoms. The molecule has 0 saturated heterocycles. The summed E-state index contributed by atoms with van der Waals surface area (Å²) in [6.07, 6.45) is 2.67. The number of aromatic nitrogens is 2. The molecule has 0 fully saturated rings. The van der Waals surface area contributed by atoms with Gasteiger partial charge in [-0.15, -0.1) is 11.8 Å². The number of hydrogen-bond donors (Lipinski definition) is 0. The first kappa shape index (κ1) is 14.8. The largest absolute Gasteiger partial charge is 0.291 e. The highest BCUT2D eigenvalue weighted by Gasteiger charge is 2.19. The number of rotatable bonds is 5. The monoisotopic (exact) mass is 318 g/mol. The topological polar surface area (TPSA) is 34.9 Å². The Hall–Kier alpha value is -0.290. The normalized spacial score (nSPS) is 11.8. The lowest BCUT2D eigenvalue weighted by molar-refractivity contribution is 0.101. The predicted molar refractivity (Wildman–Crippen MR) is 76.8 cm³/mol. The van der Waals surface area contributed by atoms with Crippen molar-refractivity contribution in [3.05, 3.63) is 16.4 Å². The first-order valence-electron chi connectivity index (χ1n) is 5.73. The van der Waals surface area contributed by atoms with Crippen molar-refractivity contribution >= 4 is 33.5 Å². The molecule has 0 N–H and O–H groups in total. The van der Waals surface area contributed by atoms with Crippen molar-refractivity contribution in [2.45, 2.75) is 45.4 Å². The standard InChI is InChI=1S/C12H19BrN2OS/c1-5-6-15-11(9(13)7-14-15)10(16)8-17-12(2,3)4/h7H,5-6,8H2,1-4H3. The zero-order chi connectivity index (χ0) is 13.1. The number of aryl methyl sites for hydroxylation is 1. The van der Waals surface area contributed by atoms with E-state index in [4.69, 9.17) is 0 Å². The van der Waals surface area contributed by atoms with Crippen molar-refractivity contribution in [2.75, 3.05) is 5.75 Å². The minimum Gasteiger partial charge on any atom is -0.291 e. The zero-order valence-corrected chi connectivity index (χ0v) is 13.2. The fourth-order valence-corrected chi connectivity index (χ4v) is 2.59. The lowest BCUT2D eigenvalue weighted by Crippen LogP contribution is -2.17. The summed E-state index contributed by atoms with van der Waals surface area (Å²) in [7, 11) is 0. The van der Waals surface area contributed by atoms with Gasteiger partial charge < -0.3 is 0 Å². The van der Waals surface area contributed by atoms with Gasteiger partial charge >= 0.3 is 0 Å². The van der Waals surface area contributed by atoms with Gasteiger partial charge in [-0.05, 0) is 22.4 Å². The third kappa shape index (κ3) is 4.47. The minimum absolute atomic E-state index is 0.109. The molecule has 1 aromatic rings. The van der Waals surface area contributed by atoms with Gasteiger partial charge in [-0.2, -0.15) is 5.10 Å². The van der Waals surface area contributed by atoms with E-state index in [2.05, 4.69) is 48.7 Å². The van der Waals surface area contributed by atoms with Crippen LogP contribution in [0.5, 0.6) is 0 Å². The van der Waals surface area contributed by atoms with Crippen molar-refractivity contribution in [3.8, 4) is 0 Å². The van der Waals surface area contributed by atoms with E-state index in [1.807, 2.05) is 0 Å². The number of hydrogen-bond acceptors (Lipinski definition) is 3. The number of nitrogens with zero attached hydrogens (tertiary/aromatic N) is 2. The summed E-state index contributed by atoms with van der Waals surface area (Å²) in [5.74, 6) is 0.639. The number of Topliss-reactive ketones (excluding diaryl/α,β-unsaturated/α-hetero) is 1. The Morgan fingerprint density at radius 2 is 2.18 bits per heavy atom. The summed E-state index contributed by atoms with van der Waals surface area (Å²) < 4.78 is 2.69. The predicted octanol–water partition coefficient (Wildman–Crippen LogP) is 3.77. The van der Waals surface area contributed by atoms with Gasteiger partial charge in [0.25, 0.3) is 0 Å². The van der Waals surface area contributed by atoms with Crippen LogP contribution in [-0.2, 0) is 6.54 Å². The van der Waals surface area contributed by atoms with E-state index < -0.39 is 0 Å². The Balaban J connectivity index is 2.77. The maximum absolute atomic E-state index is 12.2. The number of thioether (sulfide) groups is 1. The summed E-state index contributed by atoms with van der Waals surface area (Å²) in [6.45, 7) is 9.20. The summed E-state index contributed by atoms with van der Waals surface area (Å²) in [5.41, 5.74) is 0.698. The molecule has 0 aliphatic rings. The SMILES string of the molecule is CCCn1ncc(Br)c1C(=O)CSC(C)(C)C. The van der Waals surface area contributed by atoms with Crippen LogP contribution in [0.2, 0.25) is 0 Å². The molecule has 1 heterocycles. The van der Waals surface area contributed by atoms with Gasteiger partial charge in [-0.1, -0.05) is 27.7 Å². The highest BCUT2D eigenvalue weighted by molar-refractivity contribution is 9.10. The van der Waals surface area contributed by atoms with E-state index in [0.29, 0.717) is 11.4 Å². The highest BCUT2D eigenvalue weighted by atomic mass is 79.9. The van der Waals surface area contributed by atoms with E-state index in [1.54, 1.807) is 22.6 Å². The summed E-state index contributed by atoms with van der Waals surface area (Å²) in [6, 6.07) is 0. The van der Waals surface area contributed by atoms with Crippen LogP contribution in [0.3, 0.4) is 0 Å². The van der Waals surface area contributed by atoms with Crippen LogP contribution in [-0.4, -0.2) is 26.1 Å². The second-order valence-corrected chi connectivity index (χ2v) is 7.54. The fraction of sp³-hybridized carbons (Fsp3) is 0.667. The third-order valence-electron chi connectivity index (χ3n) is 2.13. The van der Waals surface area contributed by atoms with E-state index in [-0.39, 0.29) is 10.5 Å². The maximum Gasteiger partial charge on any atom is 0.191 e. The third-order valence-corrected chi connectivity index (χ3v) is 3.98. The molecule has 0 saturated carbocycles. The molecule has 0 aliphatic carbocycles. The molecule has 0 aliphatic heterocycles. The zero-order valence-electron chi connectivity index (χ0n) is 10.8. The lowest BCUT2D eigenvalue weighted by Gasteiger charge is -2.17. The molecule has 1 rings (SSSR count). The van der Waals surface area contributed by atoms with E-state index in [0.717, 1.165) is 17.4 Å². The molecule has 0 radical (unpaired) electrons. The molecule has 96 valence electrons. The molecular weight excluding hydrogens is 300 g/mol. The van der Waals surface area contributed by atoms with Crippen molar-refractivity contribution in [1.29, 1.82) is 0 Å². The van der Waals surface area contributed by atoms with Gasteiger partial charge in [0, 0.05) is 11.3 Å². The van der Waals surface area contributed by atoms with Crippen molar-refractivity contribution in [2.24, 2.45) is 0 Å². The Labute approximate surface area is 115 Å². The van der Waals surface area contributed by atoms with Crippen LogP contribution < -0.4 is 0 Å². The number of carbonyl (C=O) groups excluding carboxylic acids is 1. The molecule has 17 heavy (non-hydrogen) atoms. The first-order valence-corrected chi connectivity index (χ1v) is 7.51. The average molecular weight is 319 g/mol. The number of carbonyl (C=O) groups is 1. The molecule has 0 unspecified atom stereocenters. The average Bonchev–Trinajstić information content (AvgIpc) is 2.56. The van der Waals surface area contributed by atoms with Crippen LogP contribution in [0.15, 0.2) is 10.7 Å². The van der Waals surface area contributed by atoms with E-state index in [9.17, 15) is 4.79 Å². The molecule has 5 heteroatoms. The Bertz CT molecular complexity index is 396. The smallest absolute Gasteiger partial charge is 0.191 e. The maximum atomic E-state index is 12.2. The van der Waals surface area contributed by atoms with Crippen LogP contribution in [0, 0.1) is 0 Å². The number of ketones is 1. The van der Waals surface area contributed by atoms with E-state index >= 15 is 0 Å². The quantitative estimate of drug-likeness (QED) is 0.775. The van der Waals surface area contributed by atoms with Gasteiger partial charge in [0.15, 0.2) is 5.78 Å². The van der Waals surface area contributed by atoms with Crippen LogP contribution in [0.25, 0.3) is 0 Å². The molecular formula is C12H19BrN2OS. The molecule has 0 amide bonds. The van der Waals surface area contributed by atoms with Crippen molar-refractivity contribution in [1.82, 2.24) is 9.78 Å². The first-order chi connectivity index (χ1) is 7.85. The summed E-state index contributed by atoms with van der Waals surface area (Å²) in [4.78, 5) is 12.2. The Morgan fingerprint density at radius 1 is 1.53 bits per heavy atom. The van der Waals surface area contributed by atoms with Crippen LogP contribution in [0.1, 0.15) is 44.6 Å². The Morgan fingerprint density at radius 3 is 2.71 bits per heavy atom. The Kier molecular flexibility index (Phi) is 5.25. The molecule has 0 atom stereocenters. The fourth-order valence-electron chi connectivity index (χ4n) is 1.37. The highest BCUT2D eigenvalue weighted by Crippen LogP contribution is 2.25. The van der Waals surface area contributed by atoms with Gasteiger partial charge in [-0.3, -0.25) is 9.48 Å². The molecule has 0 aromatic carbocycles. The summed E-state index contributed by atoms with van der Waals surface area (Å²) >= 11 is 5.06. The van der Waals surface area contributed by atoms with Crippen LogP contribution in [0.4, 0.5) is 0 Å². The summed E-state index contributed by atoms with van der Waals surface area (Å²) in [5, 5.41) is 4.21. The van der Waals surface area contributed by atoms with Gasteiger partial charge in [-0.25, -0.2) is 0 Å². The molecule has 0 spiro atoms. The number of halogens is 1. The molecule has 1 aromatic heterocycles. The van der Waals surface area contributed by atoms with Gasteiger partial charge in [0.1, 0.15) is 5.69 Å². The van der Waals surface area contributed by atoms with Gasteiger partial charge in [0.2, 0.25) is 0 Å².